The van der Waals surface area contributed by atoms with Crippen LogP contribution in [0.15, 0.2) is 186 Å². The van der Waals surface area contributed by atoms with E-state index < -0.39 is 0 Å². The summed E-state index contributed by atoms with van der Waals surface area (Å²) in [6.45, 7) is 9.21. The fourth-order valence-electron chi connectivity index (χ4n) is 8.57. The second-order valence-electron chi connectivity index (χ2n) is 16.0. The number of fused-ring (bicyclic) bond motifs is 4. The lowest BCUT2D eigenvalue weighted by Gasteiger charge is -2.24. The third-order valence-corrected chi connectivity index (χ3v) is 11.6. The molecule has 0 unspecified atom stereocenters. The highest BCUT2D eigenvalue weighted by Crippen LogP contribution is 2.43. The smallest absolute Gasteiger partial charge is 0.149 e. The van der Waals surface area contributed by atoms with Gasteiger partial charge in [-0.25, -0.2) is 4.98 Å². The van der Waals surface area contributed by atoms with Gasteiger partial charge in [0.2, 0.25) is 0 Å². The average molecular weight is 749 g/mol. The third-order valence-electron chi connectivity index (χ3n) is 11.6. The van der Waals surface area contributed by atoms with Crippen molar-refractivity contribution in [3.8, 4) is 61.6 Å². The van der Waals surface area contributed by atoms with Crippen LogP contribution in [0.25, 0.3) is 94.6 Å². The molecule has 0 radical (unpaired) electrons. The van der Waals surface area contributed by atoms with Crippen LogP contribution in [0.2, 0.25) is 0 Å². The fraction of sp³-hybridized carbons (Fsp3) is 0.109. The van der Waals surface area contributed by atoms with Crippen molar-refractivity contribution >= 4 is 33.0 Å². The maximum Gasteiger partial charge on any atom is 0.149 e. The van der Waals surface area contributed by atoms with Crippen molar-refractivity contribution < 1.29 is 4.42 Å². The molecule has 0 atom stereocenters. The molecule has 0 bridgehead atoms. The second-order valence-corrected chi connectivity index (χ2v) is 16.0. The Morgan fingerprint density at radius 2 is 0.948 bits per heavy atom. The van der Waals surface area contributed by atoms with Crippen molar-refractivity contribution in [3.63, 3.8) is 0 Å². The van der Waals surface area contributed by atoms with Crippen molar-refractivity contribution in [1.82, 2.24) is 9.55 Å². The van der Waals surface area contributed by atoms with Gasteiger partial charge in [-0.15, -0.1) is 0 Å². The Kier molecular flexibility index (Phi) is 8.87. The maximum atomic E-state index is 6.92. The van der Waals surface area contributed by atoms with E-state index in [1.54, 1.807) is 0 Å². The number of rotatable bonds is 8. The van der Waals surface area contributed by atoms with Crippen molar-refractivity contribution in [1.29, 1.82) is 0 Å². The van der Waals surface area contributed by atoms with Crippen LogP contribution in [0, 0.1) is 0 Å². The minimum Gasteiger partial charge on any atom is -0.455 e. The lowest BCUT2D eigenvalue weighted by Crippen LogP contribution is -2.09. The molecule has 8 aromatic carbocycles. The summed E-state index contributed by atoms with van der Waals surface area (Å²) >= 11 is 0. The Morgan fingerprint density at radius 3 is 1.62 bits per heavy atom. The molecule has 280 valence electrons. The van der Waals surface area contributed by atoms with Gasteiger partial charge < -0.3 is 4.42 Å². The summed E-state index contributed by atoms with van der Waals surface area (Å²) in [7, 11) is 0. The van der Waals surface area contributed by atoms with Crippen LogP contribution in [0.4, 0.5) is 0 Å². The average Bonchev–Trinajstić information content (AvgIpc) is 3.85. The van der Waals surface area contributed by atoms with Gasteiger partial charge in [0.25, 0.3) is 0 Å². The molecule has 3 heteroatoms. The molecular formula is C55H44N2O. The van der Waals surface area contributed by atoms with Crippen LogP contribution >= 0.6 is 0 Å². The minimum atomic E-state index is 0.255. The van der Waals surface area contributed by atoms with Gasteiger partial charge in [-0.1, -0.05) is 161 Å². The van der Waals surface area contributed by atoms with Crippen LogP contribution in [-0.4, -0.2) is 9.55 Å². The lowest BCUT2D eigenvalue weighted by atomic mass is 9.87. The first-order valence-electron chi connectivity index (χ1n) is 20.3. The molecule has 0 fully saturated rings. The molecule has 0 saturated carbocycles. The van der Waals surface area contributed by atoms with Crippen molar-refractivity contribution in [2.24, 2.45) is 0 Å². The molecule has 2 aromatic heterocycles. The SMILES string of the molecule is CC(C)c1cc(-c2ccc(-c3ccccc3)cc2)cc(C(C)C)c1-n1c(-c2cccc3c2oc2cc(-c4cccc(-c5ccccc5)c4)ccc23)nc2ccccc21. The predicted octanol–water partition coefficient (Wildman–Crippen LogP) is 15.5. The predicted molar refractivity (Wildman–Crippen MR) is 244 cm³/mol. The molecular weight excluding hydrogens is 705 g/mol. The highest BCUT2D eigenvalue weighted by molar-refractivity contribution is 6.10. The van der Waals surface area contributed by atoms with E-state index >= 15 is 0 Å². The van der Waals surface area contributed by atoms with Gasteiger partial charge in [0.15, 0.2) is 0 Å². The zero-order valence-corrected chi connectivity index (χ0v) is 33.3. The Bertz CT molecular complexity index is 3070. The van der Waals surface area contributed by atoms with E-state index in [1.807, 2.05) is 0 Å². The standard InChI is InChI=1S/C55H44N2O/c1-35(2)48-32-44(40-27-25-39(26-28-40)37-15-7-5-8-16-37)33-49(36(3)4)53(48)57-51-24-12-11-23-50(51)56-55(57)47-22-14-21-46-45-30-29-43(34-52(45)58-54(46)47)42-20-13-19-41(31-42)38-17-9-6-10-18-38/h5-36H,1-4H3. The molecule has 0 aliphatic heterocycles. The summed E-state index contributed by atoms with van der Waals surface area (Å²) in [6.07, 6.45) is 0. The number of benzene rings is 8. The molecule has 0 aliphatic rings. The highest BCUT2D eigenvalue weighted by atomic mass is 16.3. The lowest BCUT2D eigenvalue weighted by molar-refractivity contribution is 0.669. The van der Waals surface area contributed by atoms with Gasteiger partial charge in [-0.05, 0) is 116 Å². The van der Waals surface area contributed by atoms with Crippen LogP contribution in [0.1, 0.15) is 50.7 Å². The molecule has 2 heterocycles. The minimum absolute atomic E-state index is 0.255. The van der Waals surface area contributed by atoms with E-state index in [1.165, 1.54) is 50.2 Å². The number of hydrogen-bond acceptors (Lipinski definition) is 2. The number of aromatic nitrogens is 2. The third kappa shape index (κ3) is 6.20. The topological polar surface area (TPSA) is 31.0 Å². The molecule has 0 amide bonds. The van der Waals surface area contributed by atoms with E-state index in [0.29, 0.717) is 0 Å². The fourth-order valence-corrected chi connectivity index (χ4v) is 8.57. The second kappa shape index (κ2) is 14.5. The van der Waals surface area contributed by atoms with Crippen LogP contribution in [-0.2, 0) is 0 Å². The Balaban J connectivity index is 1.14. The number of imidazole rings is 1. The van der Waals surface area contributed by atoms with Gasteiger partial charge >= 0.3 is 0 Å². The van der Waals surface area contributed by atoms with E-state index in [4.69, 9.17) is 9.40 Å². The van der Waals surface area contributed by atoms with Crippen LogP contribution < -0.4 is 0 Å². The zero-order chi connectivity index (χ0) is 39.3. The summed E-state index contributed by atoms with van der Waals surface area (Å²) in [6, 6.07) is 65.3. The van der Waals surface area contributed by atoms with E-state index in [9.17, 15) is 0 Å². The van der Waals surface area contributed by atoms with E-state index in [-0.39, 0.29) is 11.8 Å². The number of para-hydroxylation sites is 3. The van der Waals surface area contributed by atoms with Crippen molar-refractivity contribution in [2.75, 3.05) is 0 Å². The van der Waals surface area contributed by atoms with Crippen molar-refractivity contribution in [3.05, 3.63) is 193 Å². The summed E-state index contributed by atoms with van der Waals surface area (Å²) in [5.41, 5.74) is 18.1. The van der Waals surface area contributed by atoms with Gasteiger partial charge in [0, 0.05) is 10.8 Å². The molecule has 0 spiro atoms. The quantitative estimate of drug-likeness (QED) is 0.155. The van der Waals surface area contributed by atoms with Crippen LogP contribution in [0.5, 0.6) is 0 Å². The Morgan fingerprint density at radius 1 is 0.431 bits per heavy atom. The van der Waals surface area contributed by atoms with Gasteiger partial charge in [-0.2, -0.15) is 0 Å². The zero-order valence-electron chi connectivity index (χ0n) is 33.3. The first kappa shape index (κ1) is 35.4. The molecule has 10 aromatic rings. The number of nitrogens with zero attached hydrogens (tertiary/aromatic N) is 2. The van der Waals surface area contributed by atoms with Gasteiger partial charge in [-0.3, -0.25) is 4.57 Å². The maximum absolute atomic E-state index is 6.92. The summed E-state index contributed by atoms with van der Waals surface area (Å²) in [5.74, 6) is 1.39. The molecule has 10 rings (SSSR count). The van der Waals surface area contributed by atoms with Crippen molar-refractivity contribution in [2.45, 2.75) is 39.5 Å². The molecule has 0 aliphatic carbocycles. The number of hydrogen-bond donors (Lipinski definition) is 0. The summed E-state index contributed by atoms with van der Waals surface area (Å²) in [4.78, 5) is 5.41. The molecule has 0 saturated heterocycles. The summed E-state index contributed by atoms with van der Waals surface area (Å²) < 4.78 is 9.33. The normalized spacial score (nSPS) is 11.8. The first-order valence-corrected chi connectivity index (χ1v) is 20.3. The largest absolute Gasteiger partial charge is 0.455 e. The Labute approximate surface area is 339 Å². The molecule has 3 nitrogen and oxygen atoms in total. The number of furan rings is 1. The van der Waals surface area contributed by atoms with Gasteiger partial charge in [0.1, 0.15) is 17.0 Å². The van der Waals surface area contributed by atoms with Crippen LogP contribution in [0.3, 0.4) is 0 Å². The van der Waals surface area contributed by atoms with E-state index in [2.05, 4.69) is 214 Å². The Hall–Kier alpha value is -6.97. The first-order chi connectivity index (χ1) is 28.4. The highest BCUT2D eigenvalue weighted by Gasteiger charge is 2.25. The van der Waals surface area contributed by atoms with E-state index in [0.717, 1.165) is 55.5 Å². The van der Waals surface area contributed by atoms with Gasteiger partial charge in [0.05, 0.1) is 22.3 Å². The molecule has 58 heavy (non-hydrogen) atoms. The summed E-state index contributed by atoms with van der Waals surface area (Å²) in [5, 5.41) is 2.18. The molecule has 0 N–H and O–H groups in total. The monoisotopic (exact) mass is 748 g/mol.